The van der Waals surface area contributed by atoms with E-state index in [9.17, 15) is 14.4 Å². The van der Waals surface area contributed by atoms with Crippen LogP contribution in [-0.2, 0) is 17.9 Å². The maximum atomic E-state index is 14.6. The second kappa shape index (κ2) is 24.9. The zero-order chi connectivity index (χ0) is 53.1. The summed E-state index contributed by atoms with van der Waals surface area (Å²) in [5.41, 5.74) is 19.0. The van der Waals surface area contributed by atoms with E-state index in [0.717, 1.165) is 73.9 Å². The number of amides is 5. The van der Waals surface area contributed by atoms with E-state index in [1.165, 1.54) is 12.5 Å². The lowest BCUT2D eigenvalue weighted by Gasteiger charge is -2.28. The molecule has 6 aromatic carbocycles. The fourth-order valence-electron chi connectivity index (χ4n) is 9.29. The molecule has 0 saturated heterocycles. The Bertz CT molecular complexity index is 2800. The monoisotopic (exact) mass is 987 g/mol. The average molecular weight is 987 g/mol. The van der Waals surface area contributed by atoms with Gasteiger partial charge in [-0.25, -0.2) is 9.59 Å². The van der Waals surface area contributed by atoms with E-state index in [-0.39, 0.29) is 47.6 Å². The van der Waals surface area contributed by atoms with Crippen molar-refractivity contribution >= 4 is 52.1 Å². The van der Waals surface area contributed by atoms with Crippen molar-refractivity contribution in [3.8, 4) is 11.5 Å². The quantitative estimate of drug-likeness (QED) is 0.0562. The first-order valence-corrected chi connectivity index (χ1v) is 25.8. The number of carbonyl (C=O) groups is 3. The minimum atomic E-state index is -0.283. The van der Waals surface area contributed by atoms with E-state index in [2.05, 4.69) is 116 Å². The van der Waals surface area contributed by atoms with Crippen LogP contribution in [0.4, 0.5) is 43.7 Å². The summed E-state index contributed by atoms with van der Waals surface area (Å²) in [6.07, 6.45) is 0.763. The Morgan fingerprint density at radius 3 is 1.40 bits per heavy atom. The molecule has 6 rings (SSSR count). The molecule has 0 heterocycles. The molecule has 11 heteroatoms. The first kappa shape index (κ1) is 55.1. The van der Waals surface area contributed by atoms with Gasteiger partial charge in [0.25, 0.3) is 0 Å². The number of carbonyl (C=O) groups excluding carboxylic acids is 3. The molecule has 0 saturated carbocycles. The van der Waals surface area contributed by atoms with Gasteiger partial charge in [0.1, 0.15) is 11.5 Å². The summed E-state index contributed by atoms with van der Waals surface area (Å²) in [5.74, 6) is 2.27. The fourth-order valence-corrected chi connectivity index (χ4v) is 9.29. The highest BCUT2D eigenvalue weighted by atomic mass is 16.5. The van der Waals surface area contributed by atoms with Gasteiger partial charge >= 0.3 is 12.1 Å². The van der Waals surface area contributed by atoms with Crippen LogP contribution >= 0.6 is 0 Å². The predicted octanol–water partition coefficient (Wildman–Crippen LogP) is 15.9. The topological polar surface area (TPSA) is 138 Å². The van der Waals surface area contributed by atoms with Crippen LogP contribution in [-0.4, -0.2) is 31.7 Å². The summed E-state index contributed by atoms with van der Waals surface area (Å²) in [6, 6.07) is 39.4. The van der Waals surface area contributed by atoms with Gasteiger partial charge in [0.15, 0.2) is 0 Å². The van der Waals surface area contributed by atoms with Gasteiger partial charge in [0.05, 0.1) is 38.2 Å². The maximum Gasteiger partial charge on any atom is 0.326 e. The Hall–Kier alpha value is -7.27. The highest BCUT2D eigenvalue weighted by Gasteiger charge is 2.26. The number of nitrogens with two attached hydrogens (primary N) is 1. The number of anilines is 6. The Morgan fingerprint density at radius 1 is 0.507 bits per heavy atom. The Balaban J connectivity index is 1.16. The predicted molar refractivity (Wildman–Crippen MR) is 303 cm³/mol. The number of hydrogen-bond donors (Lipinski definition) is 4. The highest BCUT2D eigenvalue weighted by Crippen LogP contribution is 2.40. The Kier molecular flexibility index (Phi) is 18.8. The molecule has 6 aromatic rings. The standard InChI is InChI=1S/C62H78N6O5/c1-38(2)47-18-22-49(23-19-47)67(61(70)65-59-53(39(3)4)30-32-55(63)57(59)41(7)8)37-46-16-28-52(29-17-46)73-35-34-43(11)48-20-24-50(25-21-48)68(36-45-14-26-51(72-13)27-15-45)62(71)66-60-54(40(5)6)31-33-56(64-44(12)69)58(60)42(9)10/h14-33,38-43H,34-37,63H2,1-13H3,(H,64,69)(H,65,70)(H,66,71). The van der Waals surface area contributed by atoms with Gasteiger partial charge in [-0.2, -0.15) is 0 Å². The molecule has 5 amide bonds. The van der Waals surface area contributed by atoms with E-state index >= 15 is 0 Å². The van der Waals surface area contributed by atoms with Crippen molar-refractivity contribution < 1.29 is 23.9 Å². The van der Waals surface area contributed by atoms with Crippen LogP contribution in [0.3, 0.4) is 0 Å². The van der Waals surface area contributed by atoms with Crippen LogP contribution in [0, 0.1) is 0 Å². The van der Waals surface area contributed by atoms with Crippen LogP contribution < -0.4 is 41.0 Å². The van der Waals surface area contributed by atoms with E-state index in [4.69, 9.17) is 15.2 Å². The van der Waals surface area contributed by atoms with Crippen LogP contribution in [0.2, 0.25) is 0 Å². The molecule has 0 aliphatic rings. The number of nitrogen functional groups attached to an aromatic ring is 1. The minimum absolute atomic E-state index is 0.0164. The number of ether oxygens (including phenoxy) is 2. The van der Waals surface area contributed by atoms with Gasteiger partial charge in [-0.05, 0) is 136 Å². The molecule has 0 aliphatic heterocycles. The van der Waals surface area contributed by atoms with Crippen molar-refractivity contribution in [2.75, 3.05) is 45.2 Å². The van der Waals surface area contributed by atoms with Crippen molar-refractivity contribution in [3.05, 3.63) is 166 Å². The summed E-state index contributed by atoms with van der Waals surface area (Å²) in [7, 11) is 1.63. The second-order valence-electron chi connectivity index (χ2n) is 20.7. The second-order valence-corrected chi connectivity index (χ2v) is 20.7. The molecule has 0 fully saturated rings. The molecular weight excluding hydrogens is 909 g/mol. The van der Waals surface area contributed by atoms with Gasteiger partial charge in [-0.1, -0.05) is 137 Å². The highest BCUT2D eigenvalue weighted by molar-refractivity contribution is 6.04. The SMILES string of the molecule is COc1ccc(CN(C(=O)Nc2c(C(C)C)ccc(NC(C)=O)c2C(C)C)c2ccc(C(C)CCOc3ccc(CN(C(=O)Nc4c(C(C)C)ccc(N)c4C(C)C)c4ccc(C(C)C)cc4)cc3)cc2)cc1. The third kappa shape index (κ3) is 14.0. The Labute approximate surface area is 434 Å². The lowest BCUT2D eigenvalue weighted by atomic mass is 9.91. The van der Waals surface area contributed by atoms with Gasteiger partial charge in [-0.15, -0.1) is 0 Å². The van der Waals surface area contributed by atoms with E-state index in [1.54, 1.807) is 16.9 Å². The number of methoxy groups -OCH3 is 1. The maximum absolute atomic E-state index is 14.6. The zero-order valence-electron chi connectivity index (χ0n) is 45.4. The van der Waals surface area contributed by atoms with Crippen molar-refractivity contribution in [3.63, 3.8) is 0 Å². The van der Waals surface area contributed by atoms with Crippen molar-refractivity contribution in [2.24, 2.45) is 0 Å². The molecule has 1 atom stereocenters. The van der Waals surface area contributed by atoms with Crippen LogP contribution in [0.1, 0.15) is 170 Å². The fraction of sp³-hybridized carbons (Fsp3) is 0.371. The Morgan fingerprint density at radius 2 is 0.959 bits per heavy atom. The smallest absolute Gasteiger partial charge is 0.326 e. The summed E-state index contributed by atoms with van der Waals surface area (Å²) in [6.45, 7) is 25.9. The largest absolute Gasteiger partial charge is 0.497 e. The molecular formula is C62H78N6O5. The number of rotatable bonds is 20. The molecule has 0 bridgehead atoms. The van der Waals surface area contributed by atoms with E-state index in [1.807, 2.05) is 97.1 Å². The van der Waals surface area contributed by atoms with Crippen molar-refractivity contribution in [1.29, 1.82) is 0 Å². The van der Waals surface area contributed by atoms with Crippen LogP contribution in [0.25, 0.3) is 0 Å². The third-order valence-corrected chi connectivity index (χ3v) is 13.5. The summed E-state index contributed by atoms with van der Waals surface area (Å²) < 4.78 is 11.7. The summed E-state index contributed by atoms with van der Waals surface area (Å²) >= 11 is 0. The first-order chi connectivity index (χ1) is 34.8. The molecule has 386 valence electrons. The number of hydrogen-bond acceptors (Lipinski definition) is 6. The molecule has 1 unspecified atom stereocenters. The molecule has 0 radical (unpaired) electrons. The van der Waals surface area contributed by atoms with Crippen LogP contribution in [0.15, 0.2) is 121 Å². The molecule has 0 aromatic heterocycles. The molecule has 73 heavy (non-hydrogen) atoms. The van der Waals surface area contributed by atoms with Gasteiger partial charge < -0.3 is 31.2 Å². The summed E-state index contributed by atoms with van der Waals surface area (Å²) in [4.78, 5) is 44.8. The third-order valence-electron chi connectivity index (χ3n) is 13.5. The number of benzene rings is 6. The van der Waals surface area contributed by atoms with Crippen LogP contribution in [0.5, 0.6) is 11.5 Å². The lowest BCUT2D eigenvalue weighted by molar-refractivity contribution is -0.114. The van der Waals surface area contributed by atoms with Crippen molar-refractivity contribution in [2.45, 2.75) is 138 Å². The lowest BCUT2D eigenvalue weighted by Crippen LogP contribution is -2.35. The minimum Gasteiger partial charge on any atom is -0.497 e. The molecule has 5 N–H and O–H groups in total. The average Bonchev–Trinajstić information content (AvgIpc) is 3.35. The number of nitrogens with one attached hydrogen (secondary N) is 3. The van der Waals surface area contributed by atoms with Gasteiger partial charge in [0.2, 0.25) is 5.91 Å². The molecule has 11 nitrogen and oxygen atoms in total. The van der Waals surface area contributed by atoms with E-state index in [0.29, 0.717) is 42.7 Å². The normalized spacial score (nSPS) is 11.8. The van der Waals surface area contributed by atoms with E-state index < -0.39 is 0 Å². The first-order valence-electron chi connectivity index (χ1n) is 25.8. The molecule has 0 aliphatic carbocycles. The zero-order valence-corrected chi connectivity index (χ0v) is 45.4. The van der Waals surface area contributed by atoms with Crippen molar-refractivity contribution in [1.82, 2.24) is 0 Å². The molecule has 0 spiro atoms. The number of urea groups is 2. The number of nitrogens with zero attached hydrogens (tertiary/aromatic N) is 2. The van der Waals surface area contributed by atoms with Gasteiger partial charge in [-0.3, -0.25) is 14.6 Å². The van der Waals surface area contributed by atoms with Gasteiger partial charge in [0, 0.05) is 40.8 Å². The summed E-state index contributed by atoms with van der Waals surface area (Å²) in [5, 5.41) is 9.58.